The minimum atomic E-state index is -0.422. The van der Waals surface area contributed by atoms with Gasteiger partial charge in [-0.05, 0) is 37.6 Å². The van der Waals surface area contributed by atoms with Gasteiger partial charge < -0.3 is 14.6 Å². The van der Waals surface area contributed by atoms with Gasteiger partial charge in [0, 0.05) is 47.8 Å². The Labute approximate surface area is 150 Å². The van der Waals surface area contributed by atoms with E-state index in [0.717, 1.165) is 30.6 Å². The molecule has 0 saturated carbocycles. The second-order valence-electron chi connectivity index (χ2n) is 7.07. The SMILES string of the molecule is CN1CC2(CCCN(Cc3cc(=O)c4cc(Cl)ccc4[nH]3)C2)OC1=O. The number of benzene rings is 1. The lowest BCUT2D eigenvalue weighted by atomic mass is 9.92. The van der Waals surface area contributed by atoms with E-state index in [2.05, 4.69) is 9.88 Å². The quantitative estimate of drug-likeness (QED) is 0.893. The van der Waals surface area contributed by atoms with Crippen LogP contribution in [0.5, 0.6) is 0 Å². The number of aromatic amines is 1. The largest absolute Gasteiger partial charge is 0.440 e. The third-order valence-electron chi connectivity index (χ3n) is 5.00. The average molecular weight is 362 g/mol. The summed E-state index contributed by atoms with van der Waals surface area (Å²) in [7, 11) is 1.77. The van der Waals surface area contributed by atoms with Gasteiger partial charge in [0.15, 0.2) is 5.43 Å². The molecule has 0 aliphatic carbocycles. The second-order valence-corrected chi connectivity index (χ2v) is 7.51. The molecule has 1 unspecified atom stereocenters. The number of nitrogens with zero attached hydrogens (tertiary/aromatic N) is 2. The Hall–Kier alpha value is -2.05. The molecule has 2 aromatic rings. The molecular weight excluding hydrogens is 342 g/mol. The molecule has 25 heavy (non-hydrogen) atoms. The number of likely N-dealkylation sites (tertiary alicyclic amines) is 1. The van der Waals surface area contributed by atoms with Crippen molar-refractivity contribution in [3.63, 3.8) is 0 Å². The number of H-pyrrole nitrogens is 1. The molecule has 6 nitrogen and oxygen atoms in total. The maximum Gasteiger partial charge on any atom is 0.410 e. The molecule has 1 spiro atoms. The normalized spacial score (nSPS) is 24.2. The van der Waals surface area contributed by atoms with Gasteiger partial charge in [0.05, 0.1) is 6.54 Å². The van der Waals surface area contributed by atoms with Crippen LogP contribution in [-0.4, -0.2) is 53.2 Å². The number of rotatable bonds is 2. The highest BCUT2D eigenvalue weighted by molar-refractivity contribution is 6.31. The minimum absolute atomic E-state index is 0.0370. The van der Waals surface area contributed by atoms with Crippen LogP contribution in [0.25, 0.3) is 10.9 Å². The number of ether oxygens (including phenoxy) is 1. The molecule has 1 N–H and O–H groups in total. The third-order valence-corrected chi connectivity index (χ3v) is 5.24. The van der Waals surface area contributed by atoms with E-state index in [4.69, 9.17) is 16.3 Å². The Morgan fingerprint density at radius 3 is 2.88 bits per heavy atom. The van der Waals surface area contributed by atoms with E-state index in [-0.39, 0.29) is 11.5 Å². The van der Waals surface area contributed by atoms with E-state index in [1.165, 1.54) is 0 Å². The number of nitrogens with one attached hydrogen (secondary N) is 1. The van der Waals surface area contributed by atoms with Crippen molar-refractivity contribution in [3.05, 3.63) is 45.2 Å². The number of carbonyl (C=O) groups is 1. The zero-order valence-electron chi connectivity index (χ0n) is 14.0. The first-order valence-corrected chi connectivity index (χ1v) is 8.80. The Kier molecular flexibility index (Phi) is 3.96. The van der Waals surface area contributed by atoms with Crippen molar-refractivity contribution in [1.29, 1.82) is 0 Å². The molecule has 0 bridgehead atoms. The zero-order chi connectivity index (χ0) is 17.6. The molecule has 2 fully saturated rings. The van der Waals surface area contributed by atoms with Crippen LogP contribution in [0.15, 0.2) is 29.1 Å². The smallest absolute Gasteiger partial charge is 0.410 e. The van der Waals surface area contributed by atoms with Crippen LogP contribution in [0.3, 0.4) is 0 Å². The summed E-state index contributed by atoms with van der Waals surface area (Å²) in [5.41, 5.74) is 1.18. The van der Waals surface area contributed by atoms with Crippen molar-refractivity contribution < 1.29 is 9.53 Å². The van der Waals surface area contributed by atoms with E-state index in [1.54, 1.807) is 30.1 Å². The standard InChI is InChI=1S/C18H20ClN3O3/c1-21-10-18(25-17(21)24)5-2-6-22(11-18)9-13-8-16(23)14-7-12(19)3-4-15(14)20-13/h3-4,7-8H,2,5-6,9-11H2,1H3,(H,20,23). The lowest BCUT2D eigenvalue weighted by Gasteiger charge is -2.38. The van der Waals surface area contributed by atoms with E-state index < -0.39 is 5.60 Å². The lowest BCUT2D eigenvalue weighted by Crippen LogP contribution is -2.50. The molecule has 4 rings (SSSR count). The minimum Gasteiger partial charge on any atom is -0.440 e. The maximum atomic E-state index is 12.4. The third kappa shape index (κ3) is 3.12. The Morgan fingerprint density at radius 1 is 1.28 bits per heavy atom. The number of hydrogen-bond acceptors (Lipinski definition) is 4. The number of carbonyl (C=O) groups excluding carboxylic acids is 1. The number of fused-ring (bicyclic) bond motifs is 1. The molecule has 1 atom stereocenters. The predicted octanol–water partition coefficient (Wildman–Crippen LogP) is 2.60. The van der Waals surface area contributed by atoms with Gasteiger partial charge in [-0.2, -0.15) is 0 Å². The summed E-state index contributed by atoms with van der Waals surface area (Å²) in [6.45, 7) is 2.85. The van der Waals surface area contributed by atoms with Crippen molar-refractivity contribution in [3.8, 4) is 0 Å². The molecule has 1 amide bonds. The van der Waals surface area contributed by atoms with Gasteiger partial charge in [0.25, 0.3) is 0 Å². The Morgan fingerprint density at radius 2 is 2.12 bits per heavy atom. The molecule has 0 radical (unpaired) electrons. The molecule has 1 aromatic heterocycles. The van der Waals surface area contributed by atoms with Crippen LogP contribution in [0.4, 0.5) is 4.79 Å². The summed E-state index contributed by atoms with van der Waals surface area (Å²) in [5.74, 6) is 0. The van der Waals surface area contributed by atoms with Gasteiger partial charge in [-0.1, -0.05) is 11.6 Å². The van der Waals surface area contributed by atoms with Crippen LogP contribution in [0, 0.1) is 0 Å². The van der Waals surface area contributed by atoms with Crippen LogP contribution >= 0.6 is 11.6 Å². The fourth-order valence-corrected chi connectivity index (χ4v) is 4.10. The zero-order valence-corrected chi connectivity index (χ0v) is 14.8. The highest BCUT2D eigenvalue weighted by Gasteiger charge is 2.46. The summed E-state index contributed by atoms with van der Waals surface area (Å²) < 4.78 is 5.64. The topological polar surface area (TPSA) is 65.6 Å². The van der Waals surface area contributed by atoms with Gasteiger partial charge in [-0.25, -0.2) is 4.79 Å². The Balaban J connectivity index is 1.56. The molecule has 2 saturated heterocycles. The molecular formula is C18H20ClN3O3. The fourth-order valence-electron chi connectivity index (χ4n) is 3.93. The monoisotopic (exact) mass is 361 g/mol. The van der Waals surface area contributed by atoms with Gasteiger partial charge in [0.2, 0.25) is 0 Å². The summed E-state index contributed by atoms with van der Waals surface area (Å²) in [6, 6.07) is 6.91. The van der Waals surface area contributed by atoms with Crippen molar-refractivity contribution in [2.45, 2.75) is 25.0 Å². The van der Waals surface area contributed by atoms with Crippen LogP contribution in [-0.2, 0) is 11.3 Å². The van der Waals surface area contributed by atoms with E-state index in [1.807, 2.05) is 6.07 Å². The molecule has 3 heterocycles. The molecule has 7 heteroatoms. The van der Waals surface area contributed by atoms with Crippen molar-refractivity contribution in [1.82, 2.24) is 14.8 Å². The first-order chi connectivity index (χ1) is 11.9. The van der Waals surface area contributed by atoms with Crippen LogP contribution in [0.1, 0.15) is 18.5 Å². The van der Waals surface area contributed by atoms with E-state index in [9.17, 15) is 9.59 Å². The first kappa shape index (κ1) is 16.4. The average Bonchev–Trinajstić information content (AvgIpc) is 2.81. The predicted molar refractivity (Wildman–Crippen MR) is 95.9 cm³/mol. The number of amides is 1. The maximum absolute atomic E-state index is 12.4. The molecule has 1 aromatic carbocycles. The van der Waals surface area contributed by atoms with Crippen LogP contribution in [0.2, 0.25) is 5.02 Å². The number of likely N-dealkylation sites (N-methyl/N-ethyl adjacent to an activating group) is 1. The number of piperidine rings is 1. The number of hydrogen-bond donors (Lipinski definition) is 1. The van der Waals surface area contributed by atoms with E-state index >= 15 is 0 Å². The fraction of sp³-hybridized carbons (Fsp3) is 0.444. The number of pyridine rings is 1. The lowest BCUT2D eigenvalue weighted by molar-refractivity contribution is -0.0116. The van der Waals surface area contributed by atoms with Crippen molar-refractivity contribution in [2.75, 3.05) is 26.7 Å². The van der Waals surface area contributed by atoms with Gasteiger partial charge in [0.1, 0.15) is 5.60 Å². The van der Waals surface area contributed by atoms with Crippen molar-refractivity contribution in [2.24, 2.45) is 0 Å². The van der Waals surface area contributed by atoms with Crippen molar-refractivity contribution >= 4 is 28.6 Å². The highest BCUT2D eigenvalue weighted by Crippen LogP contribution is 2.31. The molecule has 132 valence electrons. The highest BCUT2D eigenvalue weighted by atomic mass is 35.5. The molecule has 2 aliphatic rings. The first-order valence-electron chi connectivity index (χ1n) is 8.42. The Bertz CT molecular complexity index is 897. The second kappa shape index (κ2) is 6.04. The van der Waals surface area contributed by atoms with Gasteiger partial charge in [-0.15, -0.1) is 0 Å². The van der Waals surface area contributed by atoms with E-state index in [0.29, 0.717) is 30.0 Å². The number of aromatic nitrogens is 1. The number of halogens is 1. The van der Waals surface area contributed by atoms with Gasteiger partial charge >= 0.3 is 6.09 Å². The summed E-state index contributed by atoms with van der Waals surface area (Å²) in [4.78, 5) is 31.3. The van der Waals surface area contributed by atoms with Gasteiger partial charge in [-0.3, -0.25) is 9.69 Å². The summed E-state index contributed by atoms with van der Waals surface area (Å²) in [5, 5.41) is 1.15. The summed E-state index contributed by atoms with van der Waals surface area (Å²) in [6.07, 6.45) is 1.60. The summed E-state index contributed by atoms with van der Waals surface area (Å²) >= 11 is 5.97. The van der Waals surface area contributed by atoms with Crippen LogP contribution < -0.4 is 5.43 Å². The molecule has 2 aliphatic heterocycles.